The predicted molar refractivity (Wildman–Crippen MR) is 74.7 cm³/mol. The lowest BCUT2D eigenvalue weighted by Crippen LogP contribution is -2.37. The maximum atomic E-state index is 4.15. The van der Waals surface area contributed by atoms with Crippen LogP contribution >= 0.6 is 0 Å². The Bertz CT molecular complexity index is 356. The summed E-state index contributed by atoms with van der Waals surface area (Å²) in [5, 5.41) is 15.4. The summed E-state index contributed by atoms with van der Waals surface area (Å²) in [6.45, 7) is 10.7. The quantitative estimate of drug-likeness (QED) is 0.795. The Morgan fingerprint density at radius 3 is 2.74 bits per heavy atom. The molecule has 2 rings (SSSR count). The molecular weight excluding hydrogens is 240 g/mol. The van der Waals surface area contributed by atoms with E-state index >= 15 is 0 Å². The van der Waals surface area contributed by atoms with E-state index in [0.717, 1.165) is 57.4 Å². The molecule has 0 radical (unpaired) electrons. The number of rotatable bonds is 7. The summed E-state index contributed by atoms with van der Waals surface area (Å²) in [5.74, 6) is 1.84. The van der Waals surface area contributed by atoms with Crippen LogP contribution in [-0.2, 0) is 13.1 Å². The topological polar surface area (TPSA) is 58.9 Å². The van der Waals surface area contributed by atoms with Crippen molar-refractivity contribution in [1.29, 1.82) is 0 Å². The van der Waals surface area contributed by atoms with Gasteiger partial charge in [-0.3, -0.25) is 4.90 Å². The van der Waals surface area contributed by atoms with Crippen molar-refractivity contribution >= 4 is 0 Å². The molecule has 0 saturated carbocycles. The van der Waals surface area contributed by atoms with E-state index in [1.54, 1.807) is 0 Å². The van der Waals surface area contributed by atoms with E-state index in [9.17, 15) is 0 Å². The standard InChI is InChI=1S/C13H26N6/c1-3-7-19-13(15-16-17-19)11-18-8-5-12(6-9-18)10-14-4-2/h12,14H,3-11H2,1-2H3. The highest BCUT2D eigenvalue weighted by Crippen LogP contribution is 2.17. The summed E-state index contributed by atoms with van der Waals surface area (Å²) in [6.07, 6.45) is 3.63. The third kappa shape index (κ3) is 4.24. The van der Waals surface area contributed by atoms with E-state index in [4.69, 9.17) is 0 Å². The molecule has 6 heteroatoms. The van der Waals surface area contributed by atoms with Gasteiger partial charge in [-0.2, -0.15) is 0 Å². The Morgan fingerprint density at radius 2 is 2.05 bits per heavy atom. The molecule has 0 atom stereocenters. The van der Waals surface area contributed by atoms with Crippen LogP contribution in [0.2, 0.25) is 0 Å². The zero-order chi connectivity index (χ0) is 13.5. The highest BCUT2D eigenvalue weighted by molar-refractivity contribution is 4.83. The number of hydrogen-bond acceptors (Lipinski definition) is 5. The van der Waals surface area contributed by atoms with Gasteiger partial charge in [-0.15, -0.1) is 5.10 Å². The van der Waals surface area contributed by atoms with Gasteiger partial charge in [0.1, 0.15) is 0 Å². The van der Waals surface area contributed by atoms with Crippen LogP contribution in [-0.4, -0.2) is 51.3 Å². The Labute approximate surface area is 115 Å². The third-order valence-electron chi connectivity index (χ3n) is 3.80. The lowest BCUT2D eigenvalue weighted by atomic mass is 9.97. The van der Waals surface area contributed by atoms with Crippen LogP contribution in [0.3, 0.4) is 0 Å². The van der Waals surface area contributed by atoms with Gasteiger partial charge in [-0.05, 0) is 61.8 Å². The summed E-state index contributed by atoms with van der Waals surface area (Å²) < 4.78 is 1.94. The number of tetrazole rings is 1. The molecule has 0 aromatic carbocycles. The first-order valence-corrected chi connectivity index (χ1v) is 7.51. The molecule has 1 aliphatic rings. The predicted octanol–water partition coefficient (Wildman–Crippen LogP) is 0.905. The van der Waals surface area contributed by atoms with Gasteiger partial charge >= 0.3 is 0 Å². The minimum atomic E-state index is 0.836. The Hall–Kier alpha value is -1.01. The molecule has 1 saturated heterocycles. The van der Waals surface area contributed by atoms with Crippen LogP contribution in [0.15, 0.2) is 0 Å². The summed E-state index contributed by atoms with van der Waals surface area (Å²) in [5.41, 5.74) is 0. The highest BCUT2D eigenvalue weighted by atomic mass is 15.5. The largest absolute Gasteiger partial charge is 0.317 e. The number of hydrogen-bond donors (Lipinski definition) is 1. The average Bonchev–Trinajstić information content (AvgIpc) is 2.86. The van der Waals surface area contributed by atoms with Gasteiger partial charge in [-0.25, -0.2) is 4.68 Å². The first kappa shape index (κ1) is 14.4. The number of nitrogens with zero attached hydrogens (tertiary/aromatic N) is 5. The smallest absolute Gasteiger partial charge is 0.165 e. The molecule has 0 aliphatic carbocycles. The molecule has 6 nitrogen and oxygen atoms in total. The van der Waals surface area contributed by atoms with Gasteiger partial charge in [0.2, 0.25) is 0 Å². The van der Waals surface area contributed by atoms with Crippen molar-refractivity contribution in [2.45, 2.75) is 46.2 Å². The van der Waals surface area contributed by atoms with Gasteiger partial charge in [0, 0.05) is 6.54 Å². The van der Waals surface area contributed by atoms with Crippen molar-refractivity contribution in [2.75, 3.05) is 26.2 Å². The molecule has 1 aromatic heterocycles. The van der Waals surface area contributed by atoms with Crippen LogP contribution in [0.4, 0.5) is 0 Å². The lowest BCUT2D eigenvalue weighted by Gasteiger charge is -2.31. The lowest BCUT2D eigenvalue weighted by molar-refractivity contribution is 0.170. The molecule has 0 amide bonds. The number of aryl methyl sites for hydroxylation is 1. The Balaban J connectivity index is 1.77. The van der Waals surface area contributed by atoms with E-state index in [-0.39, 0.29) is 0 Å². The van der Waals surface area contributed by atoms with Crippen molar-refractivity contribution < 1.29 is 0 Å². The molecule has 19 heavy (non-hydrogen) atoms. The van der Waals surface area contributed by atoms with Crippen molar-refractivity contribution in [1.82, 2.24) is 30.4 Å². The molecule has 1 aliphatic heterocycles. The summed E-state index contributed by atoms with van der Waals surface area (Å²) >= 11 is 0. The van der Waals surface area contributed by atoms with Gasteiger partial charge in [0.15, 0.2) is 5.82 Å². The molecule has 2 heterocycles. The van der Waals surface area contributed by atoms with E-state index in [1.165, 1.54) is 12.8 Å². The molecule has 1 fully saturated rings. The van der Waals surface area contributed by atoms with E-state index in [1.807, 2.05) is 4.68 Å². The average molecular weight is 266 g/mol. The van der Waals surface area contributed by atoms with Crippen LogP contribution in [0.1, 0.15) is 38.9 Å². The van der Waals surface area contributed by atoms with Gasteiger partial charge in [-0.1, -0.05) is 13.8 Å². The monoisotopic (exact) mass is 266 g/mol. The van der Waals surface area contributed by atoms with Crippen LogP contribution in [0.25, 0.3) is 0 Å². The highest BCUT2D eigenvalue weighted by Gasteiger charge is 2.20. The Morgan fingerprint density at radius 1 is 1.26 bits per heavy atom. The van der Waals surface area contributed by atoms with E-state index in [0.29, 0.717) is 0 Å². The fourth-order valence-corrected chi connectivity index (χ4v) is 2.62. The number of nitrogens with one attached hydrogen (secondary N) is 1. The second-order valence-electron chi connectivity index (χ2n) is 5.35. The third-order valence-corrected chi connectivity index (χ3v) is 3.80. The van der Waals surface area contributed by atoms with Crippen LogP contribution in [0, 0.1) is 5.92 Å². The SMILES string of the molecule is CCCn1nnnc1CN1CCC(CNCC)CC1. The maximum Gasteiger partial charge on any atom is 0.165 e. The van der Waals surface area contributed by atoms with Crippen molar-refractivity contribution in [3.05, 3.63) is 5.82 Å². The summed E-state index contributed by atoms with van der Waals surface area (Å²) in [6, 6.07) is 0. The van der Waals surface area contributed by atoms with Crippen molar-refractivity contribution in [3.8, 4) is 0 Å². The minimum absolute atomic E-state index is 0.836. The second-order valence-corrected chi connectivity index (χ2v) is 5.35. The normalized spacial score (nSPS) is 18.0. The number of likely N-dealkylation sites (tertiary alicyclic amines) is 1. The fourth-order valence-electron chi connectivity index (χ4n) is 2.62. The van der Waals surface area contributed by atoms with Crippen LogP contribution in [0.5, 0.6) is 0 Å². The number of aromatic nitrogens is 4. The Kier molecular flexibility index (Phi) is 5.72. The van der Waals surface area contributed by atoms with E-state index in [2.05, 4.69) is 39.6 Å². The minimum Gasteiger partial charge on any atom is -0.317 e. The van der Waals surface area contributed by atoms with Crippen molar-refractivity contribution in [3.63, 3.8) is 0 Å². The molecule has 0 unspecified atom stereocenters. The first-order chi connectivity index (χ1) is 9.33. The molecule has 0 spiro atoms. The van der Waals surface area contributed by atoms with E-state index < -0.39 is 0 Å². The maximum absolute atomic E-state index is 4.15. The molecule has 1 aromatic rings. The summed E-state index contributed by atoms with van der Waals surface area (Å²) in [7, 11) is 0. The van der Waals surface area contributed by atoms with Crippen molar-refractivity contribution in [2.24, 2.45) is 5.92 Å². The molecular formula is C13H26N6. The fraction of sp³-hybridized carbons (Fsp3) is 0.923. The first-order valence-electron chi connectivity index (χ1n) is 7.51. The van der Waals surface area contributed by atoms with Gasteiger partial charge in [0.25, 0.3) is 0 Å². The second kappa shape index (κ2) is 7.55. The summed E-state index contributed by atoms with van der Waals surface area (Å²) in [4.78, 5) is 2.47. The van der Waals surface area contributed by atoms with Gasteiger partial charge in [0.05, 0.1) is 6.54 Å². The molecule has 0 bridgehead atoms. The zero-order valence-corrected chi connectivity index (χ0v) is 12.2. The molecule has 1 N–H and O–H groups in total. The number of piperidine rings is 1. The van der Waals surface area contributed by atoms with Gasteiger partial charge < -0.3 is 5.32 Å². The zero-order valence-electron chi connectivity index (χ0n) is 12.2. The van der Waals surface area contributed by atoms with Crippen LogP contribution < -0.4 is 5.32 Å². The molecule has 108 valence electrons.